The molecule has 2 heterocycles. The molecule has 0 unspecified atom stereocenters. The van der Waals surface area contributed by atoms with Crippen LogP contribution in [-0.2, 0) is 12.8 Å². The summed E-state index contributed by atoms with van der Waals surface area (Å²) in [6.07, 6.45) is 3.62. The lowest BCUT2D eigenvalue weighted by molar-refractivity contribution is 0.0963. The maximum Gasteiger partial charge on any atom is 0.255 e. The highest BCUT2D eigenvalue weighted by Crippen LogP contribution is 2.40. The first kappa shape index (κ1) is 19.2. The van der Waals surface area contributed by atoms with Crippen LogP contribution in [0.15, 0.2) is 28.7 Å². The molecule has 0 atom stereocenters. The van der Waals surface area contributed by atoms with Crippen molar-refractivity contribution in [2.45, 2.75) is 45.1 Å². The van der Waals surface area contributed by atoms with E-state index in [1.807, 2.05) is 24.3 Å². The summed E-state index contributed by atoms with van der Waals surface area (Å²) in [7, 11) is 3.27. The number of anilines is 1. The average Bonchev–Trinajstić information content (AvgIpc) is 3.34. The molecular formula is C22H26N4O3. The Morgan fingerprint density at radius 3 is 2.55 bits per heavy atom. The van der Waals surface area contributed by atoms with Gasteiger partial charge in [-0.15, -0.1) is 0 Å². The number of nitrogens with zero attached hydrogens (tertiary/aromatic N) is 2. The molecule has 0 spiro atoms. The van der Waals surface area contributed by atoms with Gasteiger partial charge in [0.05, 0.1) is 18.1 Å². The number of amides is 1. The number of furan rings is 1. The zero-order valence-electron chi connectivity index (χ0n) is 17.3. The maximum absolute atomic E-state index is 12.4. The van der Waals surface area contributed by atoms with Crippen LogP contribution in [0.3, 0.4) is 0 Å². The van der Waals surface area contributed by atoms with Crippen LogP contribution in [0.1, 0.15) is 47.3 Å². The minimum atomic E-state index is -0.195. The zero-order valence-corrected chi connectivity index (χ0v) is 17.3. The summed E-state index contributed by atoms with van der Waals surface area (Å²) in [4.78, 5) is 21.8. The Balaban J connectivity index is 1.68. The number of benzene rings is 1. The molecule has 1 aliphatic rings. The van der Waals surface area contributed by atoms with Crippen LogP contribution in [0.25, 0.3) is 11.1 Å². The monoisotopic (exact) mass is 394 g/mol. The van der Waals surface area contributed by atoms with E-state index in [9.17, 15) is 4.79 Å². The van der Waals surface area contributed by atoms with Crippen molar-refractivity contribution in [3.8, 4) is 5.75 Å². The Hall–Kier alpha value is -3.09. The van der Waals surface area contributed by atoms with Gasteiger partial charge in [-0.1, -0.05) is 12.1 Å². The number of aromatic nitrogens is 2. The standard InChI is InChI=1S/C22H26N4O3/c1-13-17(20(27)23-3)18-19(26-22(2)11-12-22)24-16(25-21(18)29-13)10-7-14-5-8-15(28-4)9-6-14/h5-6,8-9H,7,10-12H2,1-4H3,(H,23,27)(H,24,25,26). The Bertz CT molecular complexity index is 1050. The third-order valence-corrected chi connectivity index (χ3v) is 5.44. The Morgan fingerprint density at radius 1 is 1.21 bits per heavy atom. The Labute approximate surface area is 169 Å². The van der Waals surface area contributed by atoms with E-state index >= 15 is 0 Å². The maximum atomic E-state index is 12.4. The van der Waals surface area contributed by atoms with Gasteiger partial charge in [-0.25, -0.2) is 4.98 Å². The van der Waals surface area contributed by atoms with Crippen LogP contribution >= 0.6 is 0 Å². The highest BCUT2D eigenvalue weighted by atomic mass is 16.5. The Morgan fingerprint density at radius 2 is 1.93 bits per heavy atom. The molecule has 2 N–H and O–H groups in total. The molecule has 1 saturated carbocycles. The molecule has 0 saturated heterocycles. The third kappa shape index (κ3) is 3.90. The summed E-state index contributed by atoms with van der Waals surface area (Å²) < 4.78 is 11.1. The van der Waals surface area contributed by atoms with E-state index < -0.39 is 0 Å². The molecular weight excluding hydrogens is 368 g/mol. The van der Waals surface area contributed by atoms with Crippen molar-refractivity contribution in [2.24, 2.45) is 0 Å². The van der Waals surface area contributed by atoms with Crippen molar-refractivity contribution < 1.29 is 13.9 Å². The average molecular weight is 394 g/mol. The third-order valence-electron chi connectivity index (χ3n) is 5.44. The zero-order chi connectivity index (χ0) is 20.6. The van der Waals surface area contributed by atoms with Crippen LogP contribution in [0.2, 0.25) is 0 Å². The van der Waals surface area contributed by atoms with Gasteiger partial charge in [-0.3, -0.25) is 4.79 Å². The molecule has 0 radical (unpaired) electrons. The molecule has 0 bridgehead atoms. The van der Waals surface area contributed by atoms with Crippen LogP contribution in [0, 0.1) is 6.92 Å². The number of carbonyl (C=O) groups is 1. The molecule has 1 aromatic carbocycles. The van der Waals surface area contributed by atoms with Gasteiger partial charge >= 0.3 is 0 Å². The number of nitrogens with one attached hydrogen (secondary N) is 2. The van der Waals surface area contributed by atoms with Crippen LogP contribution in [0.4, 0.5) is 5.82 Å². The minimum absolute atomic E-state index is 0.0136. The number of fused-ring (bicyclic) bond motifs is 1. The van der Waals surface area contributed by atoms with Gasteiger partial charge in [0.2, 0.25) is 5.71 Å². The fourth-order valence-electron chi connectivity index (χ4n) is 3.40. The fourth-order valence-corrected chi connectivity index (χ4v) is 3.40. The molecule has 7 heteroatoms. The molecule has 2 aromatic heterocycles. The van der Waals surface area contributed by atoms with Gasteiger partial charge in [0.25, 0.3) is 5.91 Å². The molecule has 1 amide bonds. The SMILES string of the molecule is CNC(=O)c1c(C)oc2nc(CCc3ccc(OC)cc3)nc(NC3(C)CC3)c12. The summed E-state index contributed by atoms with van der Waals surface area (Å²) >= 11 is 0. The largest absolute Gasteiger partial charge is 0.497 e. The molecule has 1 aliphatic carbocycles. The van der Waals surface area contributed by atoms with E-state index in [-0.39, 0.29) is 11.4 Å². The van der Waals surface area contributed by atoms with Crippen molar-refractivity contribution in [1.29, 1.82) is 0 Å². The summed E-state index contributed by atoms with van der Waals surface area (Å²) in [6.45, 7) is 3.94. The number of hydrogen-bond donors (Lipinski definition) is 2. The quantitative estimate of drug-likeness (QED) is 0.636. The molecule has 4 rings (SSSR count). The lowest BCUT2D eigenvalue weighted by Gasteiger charge is -2.14. The van der Waals surface area contributed by atoms with Gasteiger partial charge in [0.15, 0.2) is 0 Å². The highest BCUT2D eigenvalue weighted by molar-refractivity contribution is 6.10. The summed E-state index contributed by atoms with van der Waals surface area (Å²) in [5.41, 5.74) is 2.14. The van der Waals surface area contributed by atoms with Crippen molar-refractivity contribution in [3.05, 3.63) is 47.0 Å². The van der Waals surface area contributed by atoms with Crippen LogP contribution in [-0.4, -0.2) is 35.6 Å². The van der Waals surface area contributed by atoms with Crippen LogP contribution < -0.4 is 15.4 Å². The lowest BCUT2D eigenvalue weighted by atomic mass is 10.1. The van der Waals surface area contributed by atoms with Crippen molar-refractivity contribution in [1.82, 2.24) is 15.3 Å². The van der Waals surface area contributed by atoms with Gasteiger partial charge in [-0.05, 0) is 50.8 Å². The van der Waals surface area contributed by atoms with E-state index in [4.69, 9.17) is 14.1 Å². The van der Waals surface area contributed by atoms with Crippen molar-refractivity contribution in [3.63, 3.8) is 0 Å². The van der Waals surface area contributed by atoms with Crippen molar-refractivity contribution in [2.75, 3.05) is 19.5 Å². The van der Waals surface area contributed by atoms with E-state index in [0.717, 1.165) is 25.0 Å². The highest BCUT2D eigenvalue weighted by Gasteiger charge is 2.38. The van der Waals surface area contributed by atoms with E-state index in [1.165, 1.54) is 5.56 Å². The first-order valence-corrected chi connectivity index (χ1v) is 9.85. The summed E-state index contributed by atoms with van der Waals surface area (Å²) in [5, 5.41) is 6.85. The molecule has 29 heavy (non-hydrogen) atoms. The van der Waals surface area contributed by atoms with Crippen LogP contribution in [0.5, 0.6) is 5.75 Å². The fraction of sp³-hybridized carbons (Fsp3) is 0.409. The predicted molar refractivity (Wildman–Crippen MR) is 112 cm³/mol. The number of ether oxygens (including phenoxy) is 1. The number of rotatable bonds is 7. The lowest BCUT2D eigenvalue weighted by Crippen LogP contribution is -2.21. The molecule has 152 valence electrons. The topological polar surface area (TPSA) is 89.3 Å². The molecule has 1 fully saturated rings. The van der Waals surface area contributed by atoms with Crippen molar-refractivity contribution >= 4 is 22.8 Å². The number of hydrogen-bond acceptors (Lipinski definition) is 6. The van der Waals surface area contributed by atoms with Gasteiger partial charge in [0, 0.05) is 19.0 Å². The predicted octanol–water partition coefficient (Wildman–Crippen LogP) is 3.65. The van der Waals surface area contributed by atoms with Gasteiger partial charge in [0.1, 0.15) is 23.2 Å². The van der Waals surface area contributed by atoms with Gasteiger partial charge < -0.3 is 19.8 Å². The smallest absolute Gasteiger partial charge is 0.255 e. The summed E-state index contributed by atoms with van der Waals surface area (Å²) in [5.74, 6) is 2.56. The first-order valence-electron chi connectivity index (χ1n) is 9.85. The number of aryl methyl sites for hydroxylation is 3. The van der Waals surface area contributed by atoms with E-state index in [1.54, 1.807) is 21.1 Å². The second-order valence-electron chi connectivity index (χ2n) is 7.81. The number of carbonyl (C=O) groups excluding carboxylic acids is 1. The van der Waals surface area contributed by atoms with E-state index in [2.05, 4.69) is 22.5 Å². The second-order valence-corrected chi connectivity index (χ2v) is 7.81. The number of methoxy groups -OCH3 is 1. The first-order chi connectivity index (χ1) is 13.9. The Kier molecular flexibility index (Phi) is 4.90. The summed E-state index contributed by atoms with van der Waals surface area (Å²) in [6, 6.07) is 7.99. The normalized spacial score (nSPS) is 14.6. The van der Waals surface area contributed by atoms with E-state index in [0.29, 0.717) is 40.5 Å². The molecule has 3 aromatic rings. The molecule has 0 aliphatic heterocycles. The second kappa shape index (κ2) is 7.39. The molecule has 7 nitrogen and oxygen atoms in total. The minimum Gasteiger partial charge on any atom is -0.497 e. The van der Waals surface area contributed by atoms with Gasteiger partial charge in [-0.2, -0.15) is 4.98 Å².